The number of carbonyl (C=O) groups is 1. The summed E-state index contributed by atoms with van der Waals surface area (Å²) >= 11 is 1.58. The van der Waals surface area contributed by atoms with Crippen LogP contribution in [0.5, 0.6) is 0 Å². The van der Waals surface area contributed by atoms with E-state index < -0.39 is 12.1 Å². The molecule has 0 saturated carbocycles. The lowest BCUT2D eigenvalue weighted by Gasteiger charge is -2.37. The van der Waals surface area contributed by atoms with Crippen molar-refractivity contribution in [2.24, 2.45) is 5.92 Å². The van der Waals surface area contributed by atoms with Crippen LogP contribution >= 0.6 is 11.3 Å². The third kappa shape index (κ3) is 4.18. The number of halogens is 3. The molecular formula is C15H21F3N4OS. The second kappa shape index (κ2) is 7.26. The van der Waals surface area contributed by atoms with E-state index in [9.17, 15) is 18.0 Å². The van der Waals surface area contributed by atoms with Gasteiger partial charge in [-0.15, -0.1) is 11.3 Å². The predicted molar refractivity (Wildman–Crippen MR) is 86.1 cm³/mol. The average molecular weight is 362 g/mol. The molecule has 0 aliphatic carbocycles. The molecule has 1 aromatic rings. The largest absolute Gasteiger partial charge is 0.393 e. The summed E-state index contributed by atoms with van der Waals surface area (Å²) in [6, 6.07) is 0. The van der Waals surface area contributed by atoms with Crippen molar-refractivity contribution < 1.29 is 18.0 Å². The molecule has 3 rings (SSSR count). The minimum absolute atomic E-state index is 0.125. The predicted octanol–water partition coefficient (Wildman–Crippen LogP) is 2.07. The Hall–Kier alpha value is -1.35. The Labute approximate surface area is 143 Å². The lowest BCUT2D eigenvalue weighted by molar-refractivity contribution is -0.188. The maximum atomic E-state index is 12.9. The fourth-order valence-corrected chi connectivity index (χ4v) is 3.93. The summed E-state index contributed by atoms with van der Waals surface area (Å²) < 4.78 is 38.6. The van der Waals surface area contributed by atoms with Crippen molar-refractivity contribution in [2.75, 3.05) is 50.7 Å². The van der Waals surface area contributed by atoms with Gasteiger partial charge in [0.2, 0.25) is 5.91 Å². The van der Waals surface area contributed by atoms with Crippen LogP contribution in [0.1, 0.15) is 12.8 Å². The van der Waals surface area contributed by atoms with E-state index in [1.165, 1.54) is 4.90 Å². The van der Waals surface area contributed by atoms with E-state index in [2.05, 4.69) is 9.88 Å². The highest BCUT2D eigenvalue weighted by Crippen LogP contribution is 2.33. The summed E-state index contributed by atoms with van der Waals surface area (Å²) in [5.41, 5.74) is 0. The minimum Gasteiger partial charge on any atom is -0.346 e. The Morgan fingerprint density at radius 2 is 2.00 bits per heavy atom. The Kier molecular flexibility index (Phi) is 5.29. The Morgan fingerprint density at radius 3 is 2.62 bits per heavy atom. The highest BCUT2D eigenvalue weighted by Gasteiger charge is 2.42. The van der Waals surface area contributed by atoms with Gasteiger partial charge in [-0.05, 0) is 12.8 Å². The van der Waals surface area contributed by atoms with Gasteiger partial charge in [0.1, 0.15) is 0 Å². The molecule has 2 aliphatic rings. The quantitative estimate of drug-likeness (QED) is 0.825. The molecule has 9 heteroatoms. The molecule has 3 heterocycles. The Bertz CT molecular complexity index is 543. The summed E-state index contributed by atoms with van der Waals surface area (Å²) in [6.07, 6.45) is -1.89. The van der Waals surface area contributed by atoms with Crippen LogP contribution in [0.3, 0.4) is 0 Å². The van der Waals surface area contributed by atoms with E-state index in [4.69, 9.17) is 0 Å². The smallest absolute Gasteiger partial charge is 0.346 e. The van der Waals surface area contributed by atoms with E-state index in [1.807, 2.05) is 10.3 Å². The number of likely N-dealkylation sites (tertiary alicyclic amines) is 1. The summed E-state index contributed by atoms with van der Waals surface area (Å²) in [5, 5.41) is 2.91. The van der Waals surface area contributed by atoms with E-state index in [0.29, 0.717) is 13.0 Å². The van der Waals surface area contributed by atoms with Gasteiger partial charge in [-0.1, -0.05) is 0 Å². The van der Waals surface area contributed by atoms with Gasteiger partial charge in [0.15, 0.2) is 5.13 Å². The van der Waals surface area contributed by atoms with Crippen LogP contribution in [-0.4, -0.2) is 72.7 Å². The molecule has 1 atom stereocenters. The molecule has 0 N–H and O–H groups in total. The molecule has 24 heavy (non-hydrogen) atoms. The SMILES string of the molecule is O=C(CN1CCN(c2nccs2)CC1)N1CCCC(C(F)(F)F)C1. The van der Waals surface area contributed by atoms with E-state index >= 15 is 0 Å². The van der Waals surface area contributed by atoms with Gasteiger partial charge in [0.25, 0.3) is 0 Å². The zero-order valence-corrected chi connectivity index (χ0v) is 14.2. The number of aromatic nitrogens is 1. The second-order valence-electron chi connectivity index (χ2n) is 6.30. The van der Waals surface area contributed by atoms with Crippen LogP contribution in [0.4, 0.5) is 18.3 Å². The zero-order valence-electron chi connectivity index (χ0n) is 13.3. The molecule has 0 radical (unpaired) electrons. The van der Waals surface area contributed by atoms with Crippen LogP contribution in [0.25, 0.3) is 0 Å². The molecule has 2 fully saturated rings. The summed E-state index contributed by atoms with van der Waals surface area (Å²) in [6.45, 7) is 3.46. The number of piperazine rings is 1. The van der Waals surface area contributed by atoms with Gasteiger partial charge in [0, 0.05) is 50.8 Å². The normalized spacial score (nSPS) is 23.5. The van der Waals surface area contributed by atoms with Crippen LogP contribution < -0.4 is 4.90 Å². The molecule has 1 unspecified atom stereocenters. The van der Waals surface area contributed by atoms with Crippen molar-refractivity contribution in [1.29, 1.82) is 0 Å². The van der Waals surface area contributed by atoms with Crippen LogP contribution in [0.15, 0.2) is 11.6 Å². The van der Waals surface area contributed by atoms with E-state index in [-0.39, 0.29) is 25.4 Å². The monoisotopic (exact) mass is 362 g/mol. The number of hydrogen-bond acceptors (Lipinski definition) is 5. The number of carbonyl (C=O) groups excluding carboxylic acids is 1. The van der Waals surface area contributed by atoms with Crippen molar-refractivity contribution in [3.05, 3.63) is 11.6 Å². The first kappa shape index (κ1) is 17.5. The number of thiazole rings is 1. The molecule has 134 valence electrons. The van der Waals surface area contributed by atoms with Crippen LogP contribution in [-0.2, 0) is 4.79 Å². The van der Waals surface area contributed by atoms with Gasteiger partial charge in [-0.2, -0.15) is 13.2 Å². The van der Waals surface area contributed by atoms with Crippen molar-refractivity contribution in [2.45, 2.75) is 19.0 Å². The lowest BCUT2D eigenvalue weighted by Crippen LogP contribution is -2.52. The second-order valence-corrected chi connectivity index (χ2v) is 7.17. The maximum absolute atomic E-state index is 12.9. The fraction of sp³-hybridized carbons (Fsp3) is 0.733. The fourth-order valence-electron chi connectivity index (χ4n) is 3.23. The molecule has 5 nitrogen and oxygen atoms in total. The van der Waals surface area contributed by atoms with Crippen LogP contribution in [0, 0.1) is 5.92 Å². The highest BCUT2D eigenvalue weighted by atomic mass is 32.1. The molecular weight excluding hydrogens is 341 g/mol. The van der Waals surface area contributed by atoms with E-state index in [0.717, 1.165) is 31.3 Å². The Morgan fingerprint density at radius 1 is 1.25 bits per heavy atom. The van der Waals surface area contributed by atoms with Gasteiger partial charge in [-0.3, -0.25) is 9.69 Å². The molecule has 0 spiro atoms. The highest BCUT2D eigenvalue weighted by molar-refractivity contribution is 7.13. The first-order chi connectivity index (χ1) is 11.4. The van der Waals surface area contributed by atoms with E-state index in [1.54, 1.807) is 17.5 Å². The number of nitrogens with zero attached hydrogens (tertiary/aromatic N) is 4. The number of alkyl halides is 3. The molecule has 1 aromatic heterocycles. The number of rotatable bonds is 3. The summed E-state index contributed by atoms with van der Waals surface area (Å²) in [7, 11) is 0. The molecule has 2 saturated heterocycles. The minimum atomic E-state index is -4.21. The van der Waals surface area contributed by atoms with Crippen molar-refractivity contribution >= 4 is 22.4 Å². The number of hydrogen-bond donors (Lipinski definition) is 0. The average Bonchev–Trinajstić information content (AvgIpc) is 3.09. The van der Waals surface area contributed by atoms with Gasteiger partial charge in [0.05, 0.1) is 12.5 Å². The molecule has 2 aliphatic heterocycles. The zero-order chi connectivity index (χ0) is 17.2. The first-order valence-corrected chi connectivity index (χ1v) is 9.03. The standard InChI is InChI=1S/C15H21F3N4OS/c16-15(17,18)12-2-1-4-22(10-12)13(23)11-20-5-7-21(8-6-20)14-19-3-9-24-14/h3,9,12H,1-2,4-8,10-11H2. The number of anilines is 1. The lowest BCUT2D eigenvalue weighted by atomic mass is 9.97. The molecule has 0 aromatic carbocycles. The topological polar surface area (TPSA) is 39.7 Å². The van der Waals surface area contributed by atoms with Gasteiger partial charge < -0.3 is 9.80 Å². The van der Waals surface area contributed by atoms with Crippen LogP contribution in [0.2, 0.25) is 0 Å². The summed E-state index contributed by atoms with van der Waals surface area (Å²) in [4.78, 5) is 22.2. The van der Waals surface area contributed by atoms with Gasteiger partial charge in [-0.25, -0.2) is 4.98 Å². The van der Waals surface area contributed by atoms with Crippen molar-refractivity contribution in [3.63, 3.8) is 0 Å². The molecule has 1 amide bonds. The first-order valence-electron chi connectivity index (χ1n) is 8.15. The number of piperidine rings is 1. The number of amides is 1. The van der Waals surface area contributed by atoms with Crippen molar-refractivity contribution in [1.82, 2.24) is 14.8 Å². The third-order valence-electron chi connectivity index (χ3n) is 4.66. The van der Waals surface area contributed by atoms with Crippen molar-refractivity contribution in [3.8, 4) is 0 Å². The van der Waals surface area contributed by atoms with Gasteiger partial charge >= 0.3 is 6.18 Å². The Balaban J connectivity index is 1.47. The third-order valence-corrected chi connectivity index (χ3v) is 5.49. The maximum Gasteiger partial charge on any atom is 0.393 e. The summed E-state index contributed by atoms with van der Waals surface area (Å²) in [5.74, 6) is -1.57. The molecule has 0 bridgehead atoms.